The van der Waals surface area contributed by atoms with Gasteiger partial charge in [-0.2, -0.15) is 0 Å². The summed E-state index contributed by atoms with van der Waals surface area (Å²) < 4.78 is 1.67. The number of hydrogen-bond donors (Lipinski definition) is 1. The smallest absolute Gasteiger partial charge is 0.171 e. The van der Waals surface area contributed by atoms with Gasteiger partial charge < -0.3 is 5.32 Å². The first kappa shape index (κ1) is 8.86. The van der Waals surface area contributed by atoms with Crippen LogP contribution in [0.1, 0.15) is 16.9 Å². The minimum atomic E-state index is 0.388. The average molecular weight is 168 g/mol. The number of rotatable bonds is 5. The van der Waals surface area contributed by atoms with Crippen molar-refractivity contribution >= 4 is 6.29 Å². The number of hydrogen-bond acceptors (Lipinski definition) is 4. The van der Waals surface area contributed by atoms with E-state index < -0.39 is 0 Å². The molecule has 1 rings (SSSR count). The van der Waals surface area contributed by atoms with Gasteiger partial charge in [0.15, 0.2) is 6.29 Å². The van der Waals surface area contributed by atoms with Crippen LogP contribution in [-0.4, -0.2) is 34.9 Å². The molecule has 0 aliphatic heterocycles. The van der Waals surface area contributed by atoms with Crippen molar-refractivity contribution in [2.45, 2.75) is 13.0 Å². The highest BCUT2D eigenvalue weighted by molar-refractivity contribution is 5.70. The summed E-state index contributed by atoms with van der Waals surface area (Å²) in [6.45, 7) is 1.73. The molecule has 0 bridgehead atoms. The zero-order valence-corrected chi connectivity index (χ0v) is 7.03. The van der Waals surface area contributed by atoms with Crippen molar-refractivity contribution < 1.29 is 4.79 Å². The molecule has 0 fully saturated rings. The summed E-state index contributed by atoms with van der Waals surface area (Å²) in [5.74, 6) is 0. The topological polar surface area (TPSA) is 59.8 Å². The maximum atomic E-state index is 10.2. The van der Waals surface area contributed by atoms with Crippen molar-refractivity contribution in [3.05, 3.63) is 11.9 Å². The fourth-order valence-electron chi connectivity index (χ4n) is 0.895. The lowest BCUT2D eigenvalue weighted by molar-refractivity contribution is 0.111. The lowest BCUT2D eigenvalue weighted by Crippen LogP contribution is -2.11. The van der Waals surface area contributed by atoms with Gasteiger partial charge in [0.2, 0.25) is 0 Å². The Morgan fingerprint density at radius 1 is 1.75 bits per heavy atom. The predicted molar refractivity (Wildman–Crippen MR) is 44.0 cm³/mol. The quantitative estimate of drug-likeness (QED) is 0.484. The third-order valence-corrected chi connectivity index (χ3v) is 1.49. The Balaban J connectivity index is 2.36. The SMILES string of the molecule is CNCCCn1cc(C=O)nn1. The molecule has 0 saturated heterocycles. The maximum absolute atomic E-state index is 10.2. The number of carbonyl (C=O) groups is 1. The van der Waals surface area contributed by atoms with Crippen molar-refractivity contribution in [1.29, 1.82) is 0 Å². The van der Waals surface area contributed by atoms with Crippen LogP contribution in [0, 0.1) is 0 Å². The van der Waals surface area contributed by atoms with E-state index in [-0.39, 0.29) is 0 Å². The van der Waals surface area contributed by atoms with E-state index in [0.717, 1.165) is 19.5 Å². The molecule has 0 spiro atoms. The summed E-state index contributed by atoms with van der Waals surface area (Å²) in [6.07, 6.45) is 3.32. The van der Waals surface area contributed by atoms with Gasteiger partial charge in [-0.1, -0.05) is 5.21 Å². The van der Waals surface area contributed by atoms with Crippen LogP contribution in [0.15, 0.2) is 6.20 Å². The van der Waals surface area contributed by atoms with E-state index in [2.05, 4.69) is 15.6 Å². The number of nitrogens with one attached hydrogen (secondary N) is 1. The molecule has 1 aromatic heterocycles. The maximum Gasteiger partial charge on any atom is 0.171 e. The highest BCUT2D eigenvalue weighted by Crippen LogP contribution is 1.90. The Morgan fingerprint density at radius 3 is 3.17 bits per heavy atom. The second kappa shape index (κ2) is 4.61. The van der Waals surface area contributed by atoms with Crippen molar-refractivity contribution in [3.63, 3.8) is 0 Å². The van der Waals surface area contributed by atoms with Gasteiger partial charge in [0.05, 0.1) is 6.20 Å². The minimum Gasteiger partial charge on any atom is -0.320 e. The molecule has 1 heterocycles. The third kappa shape index (κ3) is 2.43. The molecule has 12 heavy (non-hydrogen) atoms. The van der Waals surface area contributed by atoms with Crippen LogP contribution in [0.3, 0.4) is 0 Å². The molecule has 0 atom stereocenters. The molecule has 5 nitrogen and oxygen atoms in total. The molecule has 1 aromatic rings. The molecule has 0 aliphatic carbocycles. The molecular weight excluding hydrogens is 156 g/mol. The van der Waals surface area contributed by atoms with Gasteiger partial charge in [-0.05, 0) is 20.0 Å². The number of aldehydes is 1. The third-order valence-electron chi connectivity index (χ3n) is 1.49. The monoisotopic (exact) mass is 168 g/mol. The van der Waals surface area contributed by atoms with Crippen molar-refractivity contribution in [3.8, 4) is 0 Å². The van der Waals surface area contributed by atoms with Crippen LogP contribution >= 0.6 is 0 Å². The van der Waals surface area contributed by atoms with Gasteiger partial charge in [0, 0.05) is 6.54 Å². The van der Waals surface area contributed by atoms with Gasteiger partial charge in [0.25, 0.3) is 0 Å². The molecule has 0 radical (unpaired) electrons. The second-order valence-electron chi connectivity index (χ2n) is 2.48. The zero-order chi connectivity index (χ0) is 8.81. The minimum absolute atomic E-state index is 0.388. The van der Waals surface area contributed by atoms with Gasteiger partial charge in [-0.15, -0.1) is 5.10 Å². The number of carbonyl (C=O) groups excluding carboxylic acids is 1. The highest BCUT2D eigenvalue weighted by Gasteiger charge is 1.96. The summed E-state index contributed by atoms with van der Waals surface area (Å²) in [6, 6.07) is 0. The Kier molecular flexibility index (Phi) is 3.40. The van der Waals surface area contributed by atoms with Crippen LogP contribution < -0.4 is 5.32 Å². The molecule has 1 N–H and O–H groups in total. The highest BCUT2D eigenvalue weighted by atomic mass is 16.1. The van der Waals surface area contributed by atoms with Gasteiger partial charge in [-0.3, -0.25) is 9.48 Å². The van der Waals surface area contributed by atoms with Crippen molar-refractivity contribution in [2.75, 3.05) is 13.6 Å². The zero-order valence-electron chi connectivity index (χ0n) is 7.03. The Morgan fingerprint density at radius 2 is 2.58 bits per heavy atom. The van der Waals surface area contributed by atoms with Crippen LogP contribution in [-0.2, 0) is 6.54 Å². The predicted octanol–water partition coefficient (Wildman–Crippen LogP) is -0.300. The normalized spacial score (nSPS) is 10.1. The van der Waals surface area contributed by atoms with E-state index in [1.807, 2.05) is 7.05 Å². The Labute approximate surface area is 70.8 Å². The van der Waals surface area contributed by atoms with Gasteiger partial charge in [0.1, 0.15) is 5.69 Å². The van der Waals surface area contributed by atoms with Crippen LogP contribution in [0.2, 0.25) is 0 Å². The van der Waals surface area contributed by atoms with Gasteiger partial charge >= 0.3 is 0 Å². The first-order valence-electron chi connectivity index (χ1n) is 3.86. The second-order valence-corrected chi connectivity index (χ2v) is 2.48. The largest absolute Gasteiger partial charge is 0.320 e. The standard InChI is InChI=1S/C7H12N4O/c1-8-3-2-4-11-5-7(6-12)9-10-11/h5-6,8H,2-4H2,1H3. The van der Waals surface area contributed by atoms with Crippen molar-refractivity contribution in [2.24, 2.45) is 0 Å². The molecular formula is C7H12N4O. The molecule has 0 aromatic carbocycles. The van der Waals surface area contributed by atoms with E-state index in [4.69, 9.17) is 0 Å². The summed E-state index contributed by atoms with van der Waals surface area (Å²) in [5, 5.41) is 10.4. The molecule has 0 aliphatic rings. The van der Waals surface area contributed by atoms with E-state index in [1.165, 1.54) is 0 Å². The average Bonchev–Trinajstić information content (AvgIpc) is 2.53. The Hall–Kier alpha value is -1.23. The van der Waals surface area contributed by atoms with E-state index in [0.29, 0.717) is 12.0 Å². The van der Waals surface area contributed by atoms with E-state index in [1.54, 1.807) is 10.9 Å². The molecule has 0 saturated carbocycles. The van der Waals surface area contributed by atoms with Gasteiger partial charge in [-0.25, -0.2) is 0 Å². The fourth-order valence-corrected chi connectivity index (χ4v) is 0.895. The first-order valence-corrected chi connectivity index (χ1v) is 3.86. The summed E-state index contributed by atoms with van der Waals surface area (Å²) in [7, 11) is 1.90. The number of aromatic nitrogens is 3. The lowest BCUT2D eigenvalue weighted by atomic mass is 10.4. The number of nitrogens with zero attached hydrogens (tertiary/aromatic N) is 3. The molecule has 0 unspecified atom stereocenters. The number of aryl methyl sites for hydroxylation is 1. The summed E-state index contributed by atoms with van der Waals surface area (Å²) in [4.78, 5) is 10.2. The van der Waals surface area contributed by atoms with Crippen LogP contribution in [0.25, 0.3) is 0 Å². The summed E-state index contributed by atoms with van der Waals surface area (Å²) in [5.41, 5.74) is 0.388. The lowest BCUT2D eigenvalue weighted by Gasteiger charge is -1.97. The van der Waals surface area contributed by atoms with Crippen LogP contribution in [0.5, 0.6) is 0 Å². The van der Waals surface area contributed by atoms with E-state index in [9.17, 15) is 4.79 Å². The van der Waals surface area contributed by atoms with Crippen LogP contribution in [0.4, 0.5) is 0 Å². The van der Waals surface area contributed by atoms with E-state index >= 15 is 0 Å². The Bertz CT molecular complexity index is 245. The van der Waals surface area contributed by atoms with Crippen molar-refractivity contribution in [1.82, 2.24) is 20.3 Å². The first-order chi connectivity index (χ1) is 5.86. The molecule has 66 valence electrons. The molecule has 5 heteroatoms. The molecule has 0 amide bonds. The fraction of sp³-hybridized carbons (Fsp3) is 0.571. The summed E-state index contributed by atoms with van der Waals surface area (Å²) >= 11 is 0.